The van der Waals surface area contributed by atoms with Crippen LogP contribution >= 0.6 is 15.9 Å². The summed E-state index contributed by atoms with van der Waals surface area (Å²) in [4.78, 5) is 0. The minimum atomic E-state index is 0.415. The van der Waals surface area contributed by atoms with Crippen LogP contribution in [-0.4, -0.2) is 14.2 Å². The van der Waals surface area contributed by atoms with Crippen LogP contribution in [0.2, 0.25) is 0 Å². The molecule has 2 N–H and O–H groups in total. The van der Waals surface area contributed by atoms with E-state index in [0.717, 1.165) is 15.6 Å². The van der Waals surface area contributed by atoms with Gasteiger partial charge in [-0.25, -0.2) is 0 Å². The third-order valence-electron chi connectivity index (χ3n) is 3.03. The van der Waals surface area contributed by atoms with Crippen molar-refractivity contribution in [1.82, 2.24) is 0 Å². The summed E-state index contributed by atoms with van der Waals surface area (Å²) in [6.45, 7) is 0.840. The predicted molar refractivity (Wildman–Crippen MR) is 85.9 cm³/mol. The van der Waals surface area contributed by atoms with Gasteiger partial charge >= 0.3 is 0 Å². The van der Waals surface area contributed by atoms with E-state index in [4.69, 9.17) is 19.9 Å². The van der Waals surface area contributed by atoms with Crippen molar-refractivity contribution in [3.8, 4) is 17.2 Å². The normalized spacial score (nSPS) is 10.3. The van der Waals surface area contributed by atoms with Gasteiger partial charge in [0.05, 0.1) is 14.2 Å². The topological polar surface area (TPSA) is 53.7 Å². The lowest BCUT2D eigenvalue weighted by molar-refractivity contribution is 0.265. The van der Waals surface area contributed by atoms with Crippen LogP contribution in [0.3, 0.4) is 0 Å². The molecule has 0 bridgehead atoms. The molecule has 0 radical (unpaired) electrons. The molecule has 0 amide bonds. The van der Waals surface area contributed by atoms with Crippen LogP contribution in [0.25, 0.3) is 0 Å². The van der Waals surface area contributed by atoms with Gasteiger partial charge in [-0.1, -0.05) is 28.1 Å². The Hall–Kier alpha value is -1.72. The number of nitrogens with two attached hydrogens (primary N) is 1. The predicted octanol–water partition coefficient (Wildman–Crippen LogP) is 3.50. The lowest BCUT2D eigenvalue weighted by atomic mass is 10.2. The van der Waals surface area contributed by atoms with E-state index in [-0.39, 0.29) is 0 Å². The smallest absolute Gasteiger partial charge is 0.203 e. The minimum absolute atomic E-state index is 0.415. The number of hydrogen-bond donors (Lipinski definition) is 1. The summed E-state index contributed by atoms with van der Waals surface area (Å²) < 4.78 is 17.6. The Labute approximate surface area is 132 Å². The third-order valence-corrected chi connectivity index (χ3v) is 3.52. The molecule has 2 aromatic carbocycles. The molecule has 2 aromatic rings. The molecule has 5 heteroatoms. The van der Waals surface area contributed by atoms with Gasteiger partial charge in [-0.3, -0.25) is 0 Å². The maximum Gasteiger partial charge on any atom is 0.203 e. The highest BCUT2D eigenvalue weighted by molar-refractivity contribution is 9.10. The lowest BCUT2D eigenvalue weighted by Crippen LogP contribution is -2.03. The van der Waals surface area contributed by atoms with E-state index in [0.29, 0.717) is 30.4 Å². The Balaban J connectivity index is 2.26. The highest BCUT2D eigenvalue weighted by atomic mass is 79.9. The van der Waals surface area contributed by atoms with Crippen molar-refractivity contribution < 1.29 is 14.2 Å². The maximum absolute atomic E-state index is 5.88. The molecule has 0 aliphatic heterocycles. The van der Waals surface area contributed by atoms with E-state index in [1.165, 1.54) is 0 Å². The minimum Gasteiger partial charge on any atom is -0.493 e. The van der Waals surface area contributed by atoms with Gasteiger partial charge in [-0.05, 0) is 35.4 Å². The van der Waals surface area contributed by atoms with Crippen LogP contribution in [-0.2, 0) is 13.2 Å². The zero-order chi connectivity index (χ0) is 15.2. The van der Waals surface area contributed by atoms with Crippen molar-refractivity contribution >= 4 is 15.9 Å². The SMILES string of the molecule is COc1cc(CN)cc(OC)c1OCc1cccc(Br)c1. The molecule has 0 atom stereocenters. The quantitative estimate of drug-likeness (QED) is 0.865. The average Bonchev–Trinajstić information content (AvgIpc) is 2.52. The summed E-state index contributed by atoms with van der Waals surface area (Å²) in [5.74, 6) is 1.81. The van der Waals surface area contributed by atoms with Crippen LogP contribution in [0, 0.1) is 0 Å². The second-order valence-corrected chi connectivity index (χ2v) is 5.37. The van der Waals surface area contributed by atoms with Crippen LogP contribution in [0.5, 0.6) is 17.2 Å². The van der Waals surface area contributed by atoms with E-state index in [1.807, 2.05) is 36.4 Å². The zero-order valence-corrected chi connectivity index (χ0v) is 13.6. The summed E-state index contributed by atoms with van der Waals surface area (Å²) in [6.07, 6.45) is 0. The zero-order valence-electron chi connectivity index (χ0n) is 12.1. The van der Waals surface area contributed by atoms with Gasteiger partial charge in [0.1, 0.15) is 6.61 Å². The van der Waals surface area contributed by atoms with Gasteiger partial charge in [0.15, 0.2) is 11.5 Å². The molecular formula is C16H18BrNO3. The molecule has 0 aliphatic carbocycles. The number of methoxy groups -OCH3 is 2. The first-order valence-electron chi connectivity index (χ1n) is 6.50. The summed E-state index contributed by atoms with van der Waals surface area (Å²) in [5, 5.41) is 0. The Morgan fingerprint density at radius 3 is 2.19 bits per heavy atom. The van der Waals surface area contributed by atoms with Crippen LogP contribution in [0.1, 0.15) is 11.1 Å². The first-order valence-corrected chi connectivity index (χ1v) is 7.29. The Morgan fingerprint density at radius 1 is 1.00 bits per heavy atom. The molecule has 4 nitrogen and oxygen atoms in total. The second-order valence-electron chi connectivity index (χ2n) is 4.45. The Bertz CT molecular complexity index is 591. The fourth-order valence-corrected chi connectivity index (χ4v) is 2.42. The molecule has 0 aromatic heterocycles. The molecule has 0 heterocycles. The number of benzene rings is 2. The average molecular weight is 352 g/mol. The summed E-state index contributed by atoms with van der Waals surface area (Å²) in [5.41, 5.74) is 7.65. The molecule has 0 aliphatic rings. The number of halogens is 1. The summed E-state index contributed by atoms with van der Waals surface area (Å²) in [7, 11) is 3.20. The van der Waals surface area contributed by atoms with Crippen molar-refractivity contribution in [2.45, 2.75) is 13.2 Å². The molecule has 0 unspecified atom stereocenters. The molecular weight excluding hydrogens is 334 g/mol. The molecule has 0 spiro atoms. The summed E-state index contributed by atoms with van der Waals surface area (Å²) in [6, 6.07) is 11.7. The standard InChI is InChI=1S/C16H18BrNO3/c1-19-14-7-12(9-18)8-15(20-2)16(14)21-10-11-4-3-5-13(17)6-11/h3-8H,9-10,18H2,1-2H3. The van der Waals surface area contributed by atoms with Crippen molar-refractivity contribution in [3.63, 3.8) is 0 Å². The fraction of sp³-hybridized carbons (Fsp3) is 0.250. The fourth-order valence-electron chi connectivity index (χ4n) is 1.98. The van der Waals surface area contributed by atoms with Gasteiger partial charge in [-0.2, -0.15) is 0 Å². The van der Waals surface area contributed by atoms with Crippen molar-refractivity contribution in [2.75, 3.05) is 14.2 Å². The van der Waals surface area contributed by atoms with E-state index in [2.05, 4.69) is 15.9 Å². The first-order chi connectivity index (χ1) is 10.2. The number of hydrogen-bond acceptors (Lipinski definition) is 4. The van der Waals surface area contributed by atoms with E-state index >= 15 is 0 Å². The largest absolute Gasteiger partial charge is 0.493 e. The summed E-state index contributed by atoms with van der Waals surface area (Å²) >= 11 is 3.44. The van der Waals surface area contributed by atoms with Crippen LogP contribution < -0.4 is 19.9 Å². The van der Waals surface area contributed by atoms with Gasteiger partial charge < -0.3 is 19.9 Å². The van der Waals surface area contributed by atoms with Crippen LogP contribution in [0.15, 0.2) is 40.9 Å². The molecule has 21 heavy (non-hydrogen) atoms. The van der Waals surface area contributed by atoms with Gasteiger partial charge in [-0.15, -0.1) is 0 Å². The highest BCUT2D eigenvalue weighted by Crippen LogP contribution is 2.39. The second kappa shape index (κ2) is 7.33. The van der Waals surface area contributed by atoms with Crippen LogP contribution in [0.4, 0.5) is 0 Å². The number of rotatable bonds is 6. The highest BCUT2D eigenvalue weighted by Gasteiger charge is 2.14. The van der Waals surface area contributed by atoms with Gasteiger partial charge in [0, 0.05) is 11.0 Å². The molecule has 0 saturated heterocycles. The molecule has 0 fully saturated rings. The lowest BCUT2D eigenvalue weighted by Gasteiger charge is -2.16. The van der Waals surface area contributed by atoms with Gasteiger partial charge in [0.2, 0.25) is 5.75 Å². The maximum atomic E-state index is 5.88. The Kier molecular flexibility index (Phi) is 5.47. The van der Waals surface area contributed by atoms with Crippen molar-refractivity contribution in [2.24, 2.45) is 5.73 Å². The third kappa shape index (κ3) is 3.89. The Morgan fingerprint density at radius 2 is 1.67 bits per heavy atom. The van der Waals surface area contributed by atoms with Crippen molar-refractivity contribution in [1.29, 1.82) is 0 Å². The van der Waals surface area contributed by atoms with Gasteiger partial charge in [0.25, 0.3) is 0 Å². The molecule has 112 valence electrons. The van der Waals surface area contributed by atoms with E-state index < -0.39 is 0 Å². The van der Waals surface area contributed by atoms with Crippen molar-refractivity contribution in [3.05, 3.63) is 52.0 Å². The van der Waals surface area contributed by atoms with E-state index in [1.54, 1.807) is 14.2 Å². The molecule has 2 rings (SSSR count). The molecule has 0 saturated carbocycles. The van der Waals surface area contributed by atoms with E-state index in [9.17, 15) is 0 Å². The first kappa shape index (κ1) is 15.7. The number of ether oxygens (including phenoxy) is 3. The monoisotopic (exact) mass is 351 g/mol.